The molecule has 1 aromatic carbocycles. The van der Waals surface area contributed by atoms with Gasteiger partial charge in [-0.1, -0.05) is 17.7 Å². The van der Waals surface area contributed by atoms with E-state index in [1.54, 1.807) is 0 Å². The van der Waals surface area contributed by atoms with Crippen molar-refractivity contribution in [3.63, 3.8) is 0 Å². The highest BCUT2D eigenvalue weighted by Gasteiger charge is 2.19. The van der Waals surface area contributed by atoms with Crippen LogP contribution in [-0.2, 0) is 0 Å². The molecule has 0 aliphatic heterocycles. The lowest BCUT2D eigenvalue weighted by Gasteiger charge is -2.16. The molecule has 1 amide bonds. The Morgan fingerprint density at radius 1 is 1.30 bits per heavy atom. The van der Waals surface area contributed by atoms with Gasteiger partial charge in [0, 0.05) is 18.0 Å². The number of hydrogen-bond donors (Lipinski definition) is 1. The first-order valence-corrected chi connectivity index (χ1v) is 6.22. The van der Waals surface area contributed by atoms with Gasteiger partial charge in [0.15, 0.2) is 0 Å². The summed E-state index contributed by atoms with van der Waals surface area (Å²) in [4.78, 5) is 15.8. The van der Waals surface area contributed by atoms with Crippen LogP contribution in [0.2, 0.25) is 5.02 Å². The van der Waals surface area contributed by atoms with E-state index in [4.69, 9.17) is 11.6 Å². The van der Waals surface area contributed by atoms with Crippen LogP contribution in [0.25, 0.3) is 0 Å². The molecule has 1 atom stereocenters. The second-order valence-electron chi connectivity index (χ2n) is 4.19. The number of benzene rings is 1. The maximum absolute atomic E-state index is 13.6. The molecule has 0 aliphatic rings. The summed E-state index contributed by atoms with van der Waals surface area (Å²) in [5.74, 6) is -1.94. The summed E-state index contributed by atoms with van der Waals surface area (Å²) < 4.78 is 27.2. The number of nitrogens with one attached hydrogen (secondary N) is 1. The van der Waals surface area contributed by atoms with E-state index in [0.29, 0.717) is 0 Å². The highest BCUT2D eigenvalue weighted by atomic mass is 35.5. The Hall–Kier alpha value is -2.01. The Kier molecular flexibility index (Phi) is 4.29. The van der Waals surface area contributed by atoms with Crippen molar-refractivity contribution >= 4 is 17.5 Å². The van der Waals surface area contributed by atoms with Crippen LogP contribution in [0.5, 0.6) is 0 Å². The molecule has 104 valence electrons. The minimum Gasteiger partial charge on any atom is -0.345 e. The molecule has 2 aromatic rings. The molecule has 2 rings (SSSR count). The Bertz CT molecular complexity index is 629. The van der Waals surface area contributed by atoms with Crippen molar-refractivity contribution in [2.24, 2.45) is 0 Å². The molecule has 0 saturated heterocycles. The molecule has 0 fully saturated rings. The first kappa shape index (κ1) is 14.4. The maximum atomic E-state index is 13.6. The summed E-state index contributed by atoms with van der Waals surface area (Å²) in [5, 5.41) is 2.68. The summed E-state index contributed by atoms with van der Waals surface area (Å²) in [7, 11) is 0. The predicted octanol–water partition coefficient (Wildman–Crippen LogP) is 3.50. The number of nitrogens with zero attached hydrogens (tertiary/aromatic N) is 1. The average molecular weight is 297 g/mol. The highest BCUT2D eigenvalue weighted by molar-refractivity contribution is 6.33. The van der Waals surface area contributed by atoms with Crippen molar-refractivity contribution in [2.45, 2.75) is 13.0 Å². The Morgan fingerprint density at radius 3 is 2.55 bits per heavy atom. The smallest absolute Gasteiger partial charge is 0.253 e. The maximum Gasteiger partial charge on any atom is 0.253 e. The molecular formula is C14H11ClF2N2O. The van der Waals surface area contributed by atoms with E-state index in [1.807, 2.05) is 0 Å². The number of aromatic nitrogens is 1. The van der Waals surface area contributed by atoms with E-state index in [9.17, 15) is 13.6 Å². The van der Waals surface area contributed by atoms with Gasteiger partial charge < -0.3 is 5.32 Å². The van der Waals surface area contributed by atoms with Crippen LogP contribution in [0, 0.1) is 11.6 Å². The number of rotatable bonds is 3. The van der Waals surface area contributed by atoms with Crippen LogP contribution in [0.3, 0.4) is 0 Å². The van der Waals surface area contributed by atoms with Crippen LogP contribution in [0.1, 0.15) is 28.9 Å². The first-order chi connectivity index (χ1) is 9.50. The van der Waals surface area contributed by atoms with E-state index >= 15 is 0 Å². The molecule has 20 heavy (non-hydrogen) atoms. The fraction of sp³-hybridized carbons (Fsp3) is 0.143. The van der Waals surface area contributed by atoms with E-state index in [2.05, 4.69) is 10.3 Å². The van der Waals surface area contributed by atoms with Gasteiger partial charge in [-0.05, 0) is 25.1 Å². The van der Waals surface area contributed by atoms with Crippen LogP contribution in [-0.4, -0.2) is 10.9 Å². The van der Waals surface area contributed by atoms with Crippen molar-refractivity contribution in [2.75, 3.05) is 0 Å². The summed E-state index contributed by atoms with van der Waals surface area (Å²) in [6, 6.07) is 4.15. The van der Waals surface area contributed by atoms with E-state index in [1.165, 1.54) is 31.5 Å². The Labute approximate surface area is 119 Å². The van der Waals surface area contributed by atoms with Crippen LogP contribution in [0.4, 0.5) is 8.78 Å². The van der Waals surface area contributed by atoms with Crippen molar-refractivity contribution < 1.29 is 13.6 Å². The normalized spacial score (nSPS) is 12.0. The SMILES string of the molecule is CC(NC(=O)c1ccncc1Cl)c1c(F)cccc1F. The molecule has 0 spiro atoms. The fourth-order valence-corrected chi connectivity index (χ4v) is 2.04. The minimum absolute atomic E-state index is 0.172. The standard InChI is InChI=1S/C14H11ClF2N2O/c1-8(13-11(16)3-2-4-12(13)17)19-14(20)9-5-6-18-7-10(9)15/h2-8H,1H3,(H,19,20). The first-order valence-electron chi connectivity index (χ1n) is 5.85. The molecule has 6 heteroatoms. The molecule has 1 unspecified atom stereocenters. The van der Waals surface area contributed by atoms with Gasteiger partial charge in [0.1, 0.15) is 11.6 Å². The van der Waals surface area contributed by atoms with E-state index < -0.39 is 23.6 Å². The van der Waals surface area contributed by atoms with Crippen LogP contribution >= 0.6 is 11.6 Å². The van der Waals surface area contributed by atoms with Crippen LogP contribution < -0.4 is 5.32 Å². The van der Waals surface area contributed by atoms with Crippen molar-refractivity contribution in [1.82, 2.24) is 10.3 Å². The fourth-order valence-electron chi connectivity index (χ4n) is 1.83. The summed E-state index contributed by atoms with van der Waals surface area (Å²) in [6.07, 6.45) is 2.74. The third-order valence-corrected chi connectivity index (χ3v) is 3.10. The zero-order valence-corrected chi connectivity index (χ0v) is 11.3. The Morgan fingerprint density at radius 2 is 1.95 bits per heavy atom. The van der Waals surface area contributed by atoms with Gasteiger partial charge in [0.05, 0.1) is 16.6 Å². The zero-order valence-electron chi connectivity index (χ0n) is 10.5. The van der Waals surface area contributed by atoms with Gasteiger partial charge in [-0.3, -0.25) is 9.78 Å². The second-order valence-corrected chi connectivity index (χ2v) is 4.59. The number of pyridine rings is 1. The number of hydrogen-bond acceptors (Lipinski definition) is 2. The van der Waals surface area contributed by atoms with Gasteiger partial charge in [0.25, 0.3) is 5.91 Å². The molecule has 1 aromatic heterocycles. The lowest BCUT2D eigenvalue weighted by Crippen LogP contribution is -2.28. The lowest BCUT2D eigenvalue weighted by atomic mass is 10.1. The predicted molar refractivity (Wildman–Crippen MR) is 71.5 cm³/mol. The van der Waals surface area contributed by atoms with Gasteiger partial charge >= 0.3 is 0 Å². The molecule has 3 nitrogen and oxygen atoms in total. The zero-order chi connectivity index (χ0) is 14.7. The monoisotopic (exact) mass is 296 g/mol. The van der Waals surface area contributed by atoms with Crippen molar-refractivity contribution in [1.29, 1.82) is 0 Å². The largest absolute Gasteiger partial charge is 0.345 e. The third kappa shape index (κ3) is 2.93. The third-order valence-electron chi connectivity index (χ3n) is 2.80. The molecule has 0 radical (unpaired) electrons. The number of carbonyl (C=O) groups is 1. The van der Waals surface area contributed by atoms with Gasteiger partial charge in [-0.25, -0.2) is 8.78 Å². The lowest BCUT2D eigenvalue weighted by molar-refractivity contribution is 0.0939. The Balaban J connectivity index is 2.22. The number of amides is 1. The molecule has 0 saturated carbocycles. The quantitative estimate of drug-likeness (QED) is 0.942. The van der Waals surface area contributed by atoms with E-state index in [0.717, 1.165) is 12.1 Å². The topological polar surface area (TPSA) is 42.0 Å². The summed E-state index contributed by atoms with van der Waals surface area (Å²) in [5.41, 5.74) is 0.0105. The van der Waals surface area contributed by atoms with Gasteiger partial charge in [0.2, 0.25) is 0 Å². The van der Waals surface area contributed by atoms with Gasteiger partial charge in [-0.2, -0.15) is 0 Å². The van der Waals surface area contributed by atoms with E-state index in [-0.39, 0.29) is 16.1 Å². The second kappa shape index (κ2) is 5.96. The van der Waals surface area contributed by atoms with Crippen molar-refractivity contribution in [3.8, 4) is 0 Å². The molecule has 0 bridgehead atoms. The number of carbonyl (C=O) groups excluding carboxylic acids is 1. The minimum atomic E-state index is -0.826. The van der Waals surface area contributed by atoms with Crippen LogP contribution in [0.15, 0.2) is 36.7 Å². The molecule has 1 N–H and O–H groups in total. The number of halogens is 3. The van der Waals surface area contributed by atoms with Crippen molar-refractivity contribution in [3.05, 3.63) is 64.4 Å². The van der Waals surface area contributed by atoms with Gasteiger partial charge in [-0.15, -0.1) is 0 Å². The molecular weight excluding hydrogens is 286 g/mol. The summed E-state index contributed by atoms with van der Waals surface area (Å²) >= 11 is 5.84. The average Bonchev–Trinajstić information content (AvgIpc) is 2.38. The molecule has 0 aliphatic carbocycles. The molecule has 1 heterocycles. The summed E-state index contributed by atoms with van der Waals surface area (Å²) in [6.45, 7) is 1.49. The highest BCUT2D eigenvalue weighted by Crippen LogP contribution is 2.21.